The van der Waals surface area contributed by atoms with Gasteiger partial charge in [0.05, 0.1) is 5.69 Å². The van der Waals surface area contributed by atoms with E-state index in [2.05, 4.69) is 53.6 Å². The van der Waals surface area contributed by atoms with Crippen LogP contribution in [0.3, 0.4) is 0 Å². The van der Waals surface area contributed by atoms with Crippen LogP contribution in [0.2, 0.25) is 0 Å². The van der Waals surface area contributed by atoms with Crippen molar-refractivity contribution in [2.45, 2.75) is 6.42 Å². The summed E-state index contributed by atoms with van der Waals surface area (Å²) in [5, 5.41) is 0. The molecule has 3 aliphatic rings. The molecule has 2 aromatic carbocycles. The van der Waals surface area contributed by atoms with Crippen LogP contribution in [0.25, 0.3) is 11.6 Å². The first-order valence-electron chi connectivity index (χ1n) is 7.06. The minimum atomic E-state index is 0. The monoisotopic (exact) mass is 357 g/mol. The molecule has 102 valence electrons. The van der Waals surface area contributed by atoms with Crippen LogP contribution in [-0.4, -0.2) is 5.71 Å². The number of fused-ring (bicyclic) bond motifs is 5. The van der Waals surface area contributed by atoms with Gasteiger partial charge in [-0.3, -0.25) is 11.1 Å². The zero-order valence-electron chi connectivity index (χ0n) is 12.0. The molecule has 0 amide bonds. The third-order valence-corrected chi connectivity index (χ3v) is 3.70. The Morgan fingerprint density at radius 1 is 1.00 bits per heavy atom. The van der Waals surface area contributed by atoms with Gasteiger partial charge >= 0.3 is 26.2 Å². The Balaban J connectivity index is 0.000000208. The maximum atomic E-state index is 4.68. The summed E-state index contributed by atoms with van der Waals surface area (Å²) in [5.41, 5.74) is 7.03. The largest absolute Gasteiger partial charge is 2.00 e. The molecule has 1 aliphatic heterocycles. The number of para-hydroxylation sites is 1. The summed E-state index contributed by atoms with van der Waals surface area (Å²) in [6.07, 6.45) is 12.2. The van der Waals surface area contributed by atoms with Crippen molar-refractivity contribution in [3.8, 4) is 0 Å². The third kappa shape index (κ3) is 2.64. The second kappa shape index (κ2) is 6.54. The summed E-state index contributed by atoms with van der Waals surface area (Å²) in [7, 11) is 0. The molecule has 2 aromatic rings. The Hall–Kier alpha value is -1.79. The van der Waals surface area contributed by atoms with Gasteiger partial charge < -0.3 is 0 Å². The van der Waals surface area contributed by atoms with Crippen LogP contribution in [-0.2, 0) is 26.2 Å². The zero-order valence-corrected chi connectivity index (χ0v) is 14.5. The Labute approximate surface area is 149 Å². The third-order valence-electron chi connectivity index (χ3n) is 3.70. The molecular weight excluding hydrogens is 345 g/mol. The van der Waals surface area contributed by atoms with Crippen LogP contribution < -0.4 is 0 Å². The number of hydrogen-bond donors (Lipinski definition) is 0. The van der Waals surface area contributed by atoms with Crippen molar-refractivity contribution in [1.29, 1.82) is 0 Å². The fraction of sp³-hybridized carbons (Fsp3) is 0.0500. The molecule has 2 aliphatic carbocycles. The molecule has 5 rings (SSSR count). The summed E-state index contributed by atoms with van der Waals surface area (Å²) < 4.78 is 0. The van der Waals surface area contributed by atoms with E-state index >= 15 is 0 Å². The average Bonchev–Trinajstić information content (AvgIpc) is 3.25. The van der Waals surface area contributed by atoms with Gasteiger partial charge in [-0.1, -0.05) is 23.8 Å². The van der Waals surface area contributed by atoms with E-state index < -0.39 is 0 Å². The Bertz CT molecular complexity index is 756. The van der Waals surface area contributed by atoms with E-state index in [0.29, 0.717) is 0 Å². The summed E-state index contributed by atoms with van der Waals surface area (Å²) in [6.45, 7) is 0. The maximum Gasteiger partial charge on any atom is 2.00 e. The fourth-order valence-corrected chi connectivity index (χ4v) is 2.72. The van der Waals surface area contributed by atoms with Crippen molar-refractivity contribution in [2.75, 3.05) is 0 Å². The number of benzene rings is 2. The first-order valence-corrected chi connectivity index (χ1v) is 7.06. The predicted molar refractivity (Wildman–Crippen MR) is 87.4 cm³/mol. The van der Waals surface area contributed by atoms with Crippen molar-refractivity contribution in [3.63, 3.8) is 0 Å². The van der Waals surface area contributed by atoms with E-state index in [1.807, 2.05) is 30.4 Å². The number of aliphatic imine (C=N–C) groups is 1. The van der Waals surface area contributed by atoms with Gasteiger partial charge in [-0.05, 0) is 17.2 Å². The molecule has 0 radical (unpaired) electrons. The van der Waals surface area contributed by atoms with Gasteiger partial charge in [0.1, 0.15) is 0 Å². The molecule has 2 heteroatoms. The molecule has 0 fully saturated rings. The summed E-state index contributed by atoms with van der Waals surface area (Å²) >= 11 is 0. The topological polar surface area (TPSA) is 12.4 Å². The Kier molecular flexibility index (Phi) is 4.50. The van der Waals surface area contributed by atoms with Gasteiger partial charge in [0.25, 0.3) is 0 Å². The molecule has 0 spiro atoms. The van der Waals surface area contributed by atoms with Crippen molar-refractivity contribution >= 4 is 23.0 Å². The smallest absolute Gasteiger partial charge is 0.273 e. The van der Waals surface area contributed by atoms with Crippen LogP contribution in [0.1, 0.15) is 23.1 Å². The van der Waals surface area contributed by atoms with Gasteiger partial charge in [-0.2, -0.15) is 6.08 Å². The van der Waals surface area contributed by atoms with Gasteiger partial charge in [0.15, 0.2) is 0 Å². The van der Waals surface area contributed by atoms with Crippen LogP contribution in [0.5, 0.6) is 0 Å². The molecule has 0 saturated heterocycles. The first-order chi connectivity index (χ1) is 10.4. The molecule has 0 unspecified atom stereocenters. The average molecular weight is 359 g/mol. The second-order valence-electron chi connectivity index (χ2n) is 5.04. The molecule has 0 bridgehead atoms. The van der Waals surface area contributed by atoms with Gasteiger partial charge in [-0.15, -0.1) is 42.3 Å². The minimum Gasteiger partial charge on any atom is -0.273 e. The normalized spacial score (nSPS) is 14.9. The molecule has 0 aromatic heterocycles. The van der Waals surface area contributed by atoms with E-state index in [0.717, 1.165) is 23.4 Å². The van der Waals surface area contributed by atoms with Crippen LogP contribution in [0, 0.1) is 12.1 Å². The molecular formula is C20H13NZr. The number of hydrogen-bond acceptors (Lipinski definition) is 1. The quantitative estimate of drug-likeness (QED) is 0.601. The standard InChI is InChI=1S/C15H8N.C5H5.Zr/c1-2-6-11-10(5-1)9-13-12-7-3-4-8-14(12)16-15(11)13;1-2-4-5-3-1;/h1-4,6-9H;1-3H,4H2;/q2*-1;+2. The molecule has 22 heavy (non-hydrogen) atoms. The van der Waals surface area contributed by atoms with E-state index in [1.165, 1.54) is 16.7 Å². The van der Waals surface area contributed by atoms with Crippen LogP contribution in [0.4, 0.5) is 5.69 Å². The molecule has 1 heterocycles. The van der Waals surface area contributed by atoms with Crippen molar-refractivity contribution in [3.05, 3.63) is 89.5 Å². The maximum absolute atomic E-state index is 4.68. The zero-order chi connectivity index (χ0) is 14.1. The van der Waals surface area contributed by atoms with Crippen molar-refractivity contribution < 1.29 is 26.2 Å². The molecule has 0 N–H and O–H groups in total. The van der Waals surface area contributed by atoms with Crippen molar-refractivity contribution in [2.24, 2.45) is 4.99 Å². The van der Waals surface area contributed by atoms with Gasteiger partial charge in [-0.25, -0.2) is 12.2 Å². The van der Waals surface area contributed by atoms with Gasteiger partial charge in [0.2, 0.25) is 0 Å². The number of allylic oxidation sites excluding steroid dienone is 5. The van der Waals surface area contributed by atoms with E-state index in [-0.39, 0.29) is 26.2 Å². The fourth-order valence-electron chi connectivity index (χ4n) is 2.72. The summed E-state index contributed by atoms with van der Waals surface area (Å²) in [5.74, 6) is 0. The number of nitrogens with zero attached hydrogens (tertiary/aromatic N) is 1. The molecule has 0 saturated carbocycles. The van der Waals surface area contributed by atoms with E-state index in [4.69, 9.17) is 0 Å². The Morgan fingerprint density at radius 3 is 2.64 bits per heavy atom. The second-order valence-corrected chi connectivity index (χ2v) is 5.04. The summed E-state index contributed by atoms with van der Waals surface area (Å²) in [6, 6.07) is 17.6. The van der Waals surface area contributed by atoms with Crippen molar-refractivity contribution in [1.82, 2.24) is 0 Å². The van der Waals surface area contributed by atoms with Crippen LogP contribution in [0.15, 0.2) is 65.7 Å². The summed E-state index contributed by atoms with van der Waals surface area (Å²) in [4.78, 5) is 4.68. The number of rotatable bonds is 0. The van der Waals surface area contributed by atoms with E-state index in [9.17, 15) is 0 Å². The van der Waals surface area contributed by atoms with E-state index in [1.54, 1.807) is 0 Å². The SMILES string of the molecule is [C-]1=CC=CC1.[Zr+2].[c-]1cccc2c1C=C1C2=Nc2ccccc21. The molecule has 0 atom stereocenters. The molecule has 1 nitrogen and oxygen atoms in total. The van der Waals surface area contributed by atoms with Gasteiger partial charge in [0, 0.05) is 5.71 Å². The first kappa shape index (κ1) is 15.1. The minimum absolute atomic E-state index is 0. The predicted octanol–water partition coefficient (Wildman–Crippen LogP) is 4.78. The Morgan fingerprint density at radius 2 is 1.86 bits per heavy atom. The van der Waals surface area contributed by atoms with Crippen LogP contribution >= 0.6 is 0 Å².